The molecule has 0 saturated carbocycles. The fraction of sp³-hybridized carbons (Fsp3) is 0.444. The van der Waals surface area contributed by atoms with Crippen LogP contribution in [0.4, 0.5) is 0 Å². The first-order valence-electron chi connectivity index (χ1n) is 3.86. The SMILES string of the molecule is CC/C=C/CC1C=CC(=O)O1. The standard InChI is InChI=1S/C9H12O2/c1-2-3-4-5-8-6-7-9(10)11-8/h3-4,6-8H,2,5H2,1H3/b4-3+. The number of hydrogen-bond donors (Lipinski definition) is 0. The lowest BCUT2D eigenvalue weighted by Crippen LogP contribution is -2.05. The molecule has 1 rings (SSSR count). The molecule has 0 aromatic rings. The van der Waals surface area contributed by atoms with Crippen molar-refractivity contribution in [3.8, 4) is 0 Å². The van der Waals surface area contributed by atoms with Crippen molar-refractivity contribution in [1.82, 2.24) is 0 Å². The van der Waals surface area contributed by atoms with Crippen LogP contribution in [0.15, 0.2) is 24.3 Å². The first kappa shape index (κ1) is 8.05. The number of cyclic esters (lactones) is 1. The van der Waals surface area contributed by atoms with Gasteiger partial charge in [-0.15, -0.1) is 0 Å². The summed E-state index contributed by atoms with van der Waals surface area (Å²) in [6, 6.07) is 0. The van der Waals surface area contributed by atoms with Crippen LogP contribution in [0.25, 0.3) is 0 Å². The van der Waals surface area contributed by atoms with Crippen molar-refractivity contribution in [3.63, 3.8) is 0 Å². The van der Waals surface area contributed by atoms with Gasteiger partial charge in [-0.2, -0.15) is 0 Å². The van der Waals surface area contributed by atoms with Crippen LogP contribution in [0.3, 0.4) is 0 Å². The van der Waals surface area contributed by atoms with Gasteiger partial charge in [0.2, 0.25) is 0 Å². The van der Waals surface area contributed by atoms with E-state index < -0.39 is 0 Å². The van der Waals surface area contributed by atoms with Crippen LogP contribution in [0.2, 0.25) is 0 Å². The highest BCUT2D eigenvalue weighted by Gasteiger charge is 2.13. The minimum atomic E-state index is -0.222. The monoisotopic (exact) mass is 152 g/mol. The average molecular weight is 152 g/mol. The van der Waals surface area contributed by atoms with E-state index in [-0.39, 0.29) is 12.1 Å². The summed E-state index contributed by atoms with van der Waals surface area (Å²) in [5, 5.41) is 0. The predicted octanol–water partition coefficient (Wildman–Crippen LogP) is 1.82. The van der Waals surface area contributed by atoms with E-state index in [1.165, 1.54) is 6.08 Å². The normalized spacial score (nSPS) is 23.0. The molecule has 0 aromatic heterocycles. The molecule has 1 unspecified atom stereocenters. The summed E-state index contributed by atoms with van der Waals surface area (Å²) < 4.78 is 4.91. The third kappa shape index (κ3) is 2.58. The number of carbonyl (C=O) groups is 1. The smallest absolute Gasteiger partial charge is 0.331 e. The molecule has 0 bridgehead atoms. The Hall–Kier alpha value is -1.05. The van der Waals surface area contributed by atoms with Crippen molar-refractivity contribution in [1.29, 1.82) is 0 Å². The molecule has 0 aromatic carbocycles. The molecule has 1 aliphatic rings. The van der Waals surface area contributed by atoms with Gasteiger partial charge in [0.05, 0.1) is 0 Å². The van der Waals surface area contributed by atoms with Crippen molar-refractivity contribution in [2.45, 2.75) is 25.9 Å². The summed E-state index contributed by atoms with van der Waals surface area (Å²) in [5.41, 5.74) is 0. The molecule has 60 valence electrons. The van der Waals surface area contributed by atoms with E-state index >= 15 is 0 Å². The van der Waals surface area contributed by atoms with Gasteiger partial charge < -0.3 is 4.74 Å². The Balaban J connectivity index is 2.24. The Morgan fingerprint density at radius 1 is 1.64 bits per heavy atom. The zero-order valence-electron chi connectivity index (χ0n) is 6.62. The van der Waals surface area contributed by atoms with Crippen LogP contribution in [0.1, 0.15) is 19.8 Å². The largest absolute Gasteiger partial charge is 0.455 e. The van der Waals surface area contributed by atoms with Crippen molar-refractivity contribution >= 4 is 5.97 Å². The molecule has 1 heterocycles. The van der Waals surface area contributed by atoms with Crippen LogP contribution >= 0.6 is 0 Å². The fourth-order valence-electron chi connectivity index (χ4n) is 0.937. The summed E-state index contributed by atoms with van der Waals surface area (Å²) >= 11 is 0. The fourth-order valence-corrected chi connectivity index (χ4v) is 0.937. The van der Waals surface area contributed by atoms with Crippen molar-refractivity contribution in [3.05, 3.63) is 24.3 Å². The van der Waals surface area contributed by atoms with Gasteiger partial charge in [0, 0.05) is 12.5 Å². The molecule has 0 radical (unpaired) electrons. The maximum atomic E-state index is 10.6. The molecule has 0 aliphatic carbocycles. The maximum absolute atomic E-state index is 10.6. The van der Waals surface area contributed by atoms with Gasteiger partial charge in [-0.05, 0) is 12.5 Å². The minimum absolute atomic E-state index is 0.0229. The summed E-state index contributed by atoms with van der Waals surface area (Å²) in [6.45, 7) is 2.08. The molecule has 11 heavy (non-hydrogen) atoms. The second kappa shape index (κ2) is 3.96. The summed E-state index contributed by atoms with van der Waals surface area (Å²) in [4.78, 5) is 10.6. The van der Waals surface area contributed by atoms with Crippen molar-refractivity contribution in [2.24, 2.45) is 0 Å². The second-order valence-electron chi connectivity index (χ2n) is 2.45. The number of hydrogen-bond acceptors (Lipinski definition) is 2. The third-order valence-corrected chi connectivity index (χ3v) is 1.49. The Bertz CT molecular complexity index is 192. The number of esters is 1. The average Bonchev–Trinajstić information content (AvgIpc) is 2.37. The molecule has 0 saturated heterocycles. The van der Waals surface area contributed by atoms with Gasteiger partial charge in [0.15, 0.2) is 0 Å². The lowest BCUT2D eigenvalue weighted by Gasteiger charge is -2.02. The quantitative estimate of drug-likeness (QED) is 0.455. The van der Waals surface area contributed by atoms with Crippen LogP contribution < -0.4 is 0 Å². The van der Waals surface area contributed by atoms with Gasteiger partial charge in [-0.1, -0.05) is 19.1 Å². The van der Waals surface area contributed by atoms with Gasteiger partial charge in [-0.25, -0.2) is 4.79 Å². The first-order chi connectivity index (χ1) is 5.33. The third-order valence-electron chi connectivity index (χ3n) is 1.49. The minimum Gasteiger partial charge on any atom is -0.455 e. The Kier molecular flexibility index (Phi) is 2.90. The van der Waals surface area contributed by atoms with E-state index in [2.05, 4.69) is 13.0 Å². The van der Waals surface area contributed by atoms with Crippen LogP contribution in [0, 0.1) is 0 Å². The lowest BCUT2D eigenvalue weighted by atomic mass is 10.2. The highest BCUT2D eigenvalue weighted by Crippen LogP contribution is 2.09. The van der Waals surface area contributed by atoms with E-state index in [1.54, 1.807) is 6.08 Å². The topological polar surface area (TPSA) is 26.3 Å². The number of ether oxygens (including phenoxy) is 1. The van der Waals surface area contributed by atoms with E-state index in [9.17, 15) is 4.79 Å². The van der Waals surface area contributed by atoms with Crippen LogP contribution in [-0.2, 0) is 9.53 Å². The first-order valence-corrected chi connectivity index (χ1v) is 3.86. The van der Waals surface area contributed by atoms with Crippen LogP contribution in [-0.4, -0.2) is 12.1 Å². The summed E-state index contributed by atoms with van der Waals surface area (Å²) in [7, 11) is 0. The molecular weight excluding hydrogens is 140 g/mol. The van der Waals surface area contributed by atoms with Crippen molar-refractivity contribution < 1.29 is 9.53 Å². The predicted molar refractivity (Wildman–Crippen MR) is 43.1 cm³/mol. The van der Waals surface area contributed by atoms with Gasteiger partial charge in [0.25, 0.3) is 0 Å². The van der Waals surface area contributed by atoms with Crippen LogP contribution in [0.5, 0.6) is 0 Å². The van der Waals surface area contributed by atoms with Gasteiger partial charge in [0.1, 0.15) is 6.10 Å². The highest BCUT2D eigenvalue weighted by atomic mass is 16.5. The second-order valence-corrected chi connectivity index (χ2v) is 2.45. The molecule has 0 fully saturated rings. The molecular formula is C9H12O2. The highest BCUT2D eigenvalue weighted by molar-refractivity contribution is 5.84. The number of rotatable bonds is 3. The Morgan fingerprint density at radius 3 is 3.00 bits per heavy atom. The van der Waals surface area contributed by atoms with Gasteiger partial charge >= 0.3 is 5.97 Å². The molecule has 2 nitrogen and oxygen atoms in total. The molecule has 0 N–H and O–H groups in total. The molecule has 1 atom stereocenters. The molecule has 0 amide bonds. The summed E-state index contributed by atoms with van der Waals surface area (Å²) in [5.74, 6) is -0.222. The number of carbonyl (C=O) groups excluding carboxylic acids is 1. The maximum Gasteiger partial charge on any atom is 0.331 e. The van der Waals surface area contributed by atoms with E-state index in [0.717, 1.165) is 12.8 Å². The van der Waals surface area contributed by atoms with Crippen molar-refractivity contribution in [2.75, 3.05) is 0 Å². The molecule has 0 spiro atoms. The molecule has 1 aliphatic heterocycles. The van der Waals surface area contributed by atoms with E-state index in [4.69, 9.17) is 4.74 Å². The Morgan fingerprint density at radius 2 is 2.45 bits per heavy atom. The van der Waals surface area contributed by atoms with E-state index in [0.29, 0.717) is 0 Å². The van der Waals surface area contributed by atoms with Gasteiger partial charge in [-0.3, -0.25) is 0 Å². The summed E-state index contributed by atoms with van der Waals surface area (Å²) in [6.07, 6.45) is 9.19. The Labute approximate surface area is 66.5 Å². The number of allylic oxidation sites excluding steroid dienone is 1. The lowest BCUT2D eigenvalue weighted by molar-refractivity contribution is -0.138. The zero-order valence-corrected chi connectivity index (χ0v) is 6.62. The molecule has 2 heteroatoms. The van der Waals surface area contributed by atoms with E-state index in [1.807, 2.05) is 6.08 Å². The zero-order chi connectivity index (χ0) is 8.10.